The first kappa shape index (κ1) is 10.2. The summed E-state index contributed by atoms with van der Waals surface area (Å²) in [5, 5.41) is -0.856. The van der Waals surface area contributed by atoms with Gasteiger partial charge < -0.3 is 0 Å². The Balaban J connectivity index is 3.38. The number of nitrogens with zero attached hydrogens (tertiary/aromatic N) is 1. The molecule has 72 valence electrons. The summed E-state index contributed by atoms with van der Waals surface area (Å²) in [5.41, 5.74) is -1.36. The highest BCUT2D eigenvalue weighted by Crippen LogP contribution is 2.35. The molecule has 1 nitrogen and oxygen atoms in total. The fourth-order valence-corrected chi connectivity index (χ4v) is 1.27. The summed E-state index contributed by atoms with van der Waals surface area (Å²) in [5.74, 6) is -1.02. The highest BCUT2D eigenvalue weighted by atomic mass is 35.5. The van der Waals surface area contributed by atoms with Gasteiger partial charge in [-0.2, -0.15) is 17.6 Å². The van der Waals surface area contributed by atoms with Crippen LogP contribution in [-0.4, -0.2) is 4.98 Å². The minimum Gasteiger partial charge on any atom is -0.207 e. The molecule has 0 atom stereocenters. The van der Waals surface area contributed by atoms with Crippen LogP contribution in [0.15, 0.2) is 6.07 Å². The number of pyridine rings is 1. The minimum atomic E-state index is -4.60. The maximum absolute atomic E-state index is 12.4. The van der Waals surface area contributed by atoms with Crippen LogP contribution in [0.3, 0.4) is 0 Å². The van der Waals surface area contributed by atoms with E-state index in [-0.39, 0.29) is 5.56 Å². The van der Waals surface area contributed by atoms with E-state index >= 15 is 0 Å². The van der Waals surface area contributed by atoms with Crippen molar-refractivity contribution in [2.75, 3.05) is 0 Å². The van der Waals surface area contributed by atoms with E-state index < -0.39 is 22.8 Å². The first-order valence-corrected chi connectivity index (χ1v) is 3.60. The molecular weight excluding hydrogens is 210 g/mol. The van der Waals surface area contributed by atoms with Crippen molar-refractivity contribution >= 4 is 11.6 Å². The zero-order valence-electron chi connectivity index (χ0n) is 6.41. The monoisotopic (exact) mass is 213 g/mol. The lowest BCUT2D eigenvalue weighted by atomic mass is 10.1. The summed E-state index contributed by atoms with van der Waals surface area (Å²) in [7, 11) is 0. The van der Waals surface area contributed by atoms with Gasteiger partial charge in [-0.25, -0.2) is 4.98 Å². The molecule has 0 radical (unpaired) electrons. The van der Waals surface area contributed by atoms with E-state index in [4.69, 9.17) is 11.6 Å². The Labute approximate surface area is 76.3 Å². The van der Waals surface area contributed by atoms with Crippen LogP contribution in [0.5, 0.6) is 0 Å². The molecule has 0 aromatic carbocycles. The van der Waals surface area contributed by atoms with Gasteiger partial charge in [0.1, 0.15) is 5.15 Å². The summed E-state index contributed by atoms with van der Waals surface area (Å²) in [6.45, 7) is 1.12. The fraction of sp³-hybridized carbons (Fsp3) is 0.286. The highest BCUT2D eigenvalue weighted by molar-refractivity contribution is 6.30. The molecule has 6 heteroatoms. The van der Waals surface area contributed by atoms with Gasteiger partial charge in [-0.1, -0.05) is 11.6 Å². The summed E-state index contributed by atoms with van der Waals surface area (Å²) in [6.07, 6.45) is -4.60. The van der Waals surface area contributed by atoms with Crippen molar-refractivity contribution in [3.63, 3.8) is 0 Å². The third-order valence-corrected chi connectivity index (χ3v) is 1.70. The molecule has 0 amide bonds. The molecule has 1 rings (SSSR count). The van der Waals surface area contributed by atoms with Gasteiger partial charge in [0.05, 0.1) is 5.56 Å². The van der Waals surface area contributed by atoms with Gasteiger partial charge in [0.15, 0.2) is 0 Å². The molecule has 13 heavy (non-hydrogen) atoms. The second kappa shape index (κ2) is 3.14. The molecule has 0 bridgehead atoms. The highest BCUT2D eigenvalue weighted by Gasteiger charge is 2.36. The van der Waals surface area contributed by atoms with E-state index in [9.17, 15) is 17.6 Å². The predicted octanol–water partition coefficient (Wildman–Crippen LogP) is 3.20. The number of hydrogen-bond acceptors (Lipinski definition) is 1. The van der Waals surface area contributed by atoms with Crippen molar-refractivity contribution in [2.24, 2.45) is 0 Å². The molecule has 0 N–H and O–H groups in total. The average molecular weight is 214 g/mol. The first-order chi connectivity index (χ1) is 5.82. The Kier molecular flexibility index (Phi) is 2.47. The van der Waals surface area contributed by atoms with E-state index in [2.05, 4.69) is 4.98 Å². The molecule has 0 aliphatic rings. The average Bonchev–Trinajstić information content (AvgIpc) is 1.78. The Morgan fingerprint density at radius 1 is 1.38 bits per heavy atom. The van der Waals surface area contributed by atoms with Gasteiger partial charge >= 0.3 is 6.18 Å². The quantitative estimate of drug-likeness (QED) is 0.476. The molecule has 0 spiro atoms. The Morgan fingerprint density at radius 2 is 1.92 bits per heavy atom. The van der Waals surface area contributed by atoms with E-state index in [1.807, 2.05) is 0 Å². The van der Waals surface area contributed by atoms with E-state index in [0.29, 0.717) is 6.07 Å². The molecule has 0 saturated heterocycles. The maximum Gasteiger partial charge on any atom is 0.419 e. The third kappa shape index (κ3) is 2.09. The number of alkyl halides is 3. The third-order valence-electron chi connectivity index (χ3n) is 1.42. The second-order valence-corrected chi connectivity index (χ2v) is 2.78. The van der Waals surface area contributed by atoms with Crippen LogP contribution >= 0.6 is 11.6 Å². The Bertz CT molecular complexity index is 311. The van der Waals surface area contributed by atoms with Gasteiger partial charge in [-0.15, -0.1) is 0 Å². The van der Waals surface area contributed by atoms with Crippen LogP contribution in [0, 0.1) is 12.9 Å². The molecule has 0 fully saturated rings. The van der Waals surface area contributed by atoms with Crippen LogP contribution in [-0.2, 0) is 6.18 Å². The summed E-state index contributed by atoms with van der Waals surface area (Å²) in [6, 6.07) is 0.689. The number of aryl methyl sites for hydroxylation is 1. The van der Waals surface area contributed by atoms with Crippen molar-refractivity contribution in [2.45, 2.75) is 13.1 Å². The second-order valence-electron chi connectivity index (χ2n) is 2.43. The number of rotatable bonds is 0. The van der Waals surface area contributed by atoms with E-state index in [0.717, 1.165) is 6.92 Å². The first-order valence-electron chi connectivity index (χ1n) is 3.22. The topological polar surface area (TPSA) is 12.9 Å². The Hall–Kier alpha value is -0.840. The van der Waals surface area contributed by atoms with Gasteiger partial charge in [0, 0.05) is 0 Å². The van der Waals surface area contributed by atoms with Crippen LogP contribution in [0.1, 0.15) is 11.1 Å². The van der Waals surface area contributed by atoms with Crippen LogP contribution in [0.4, 0.5) is 17.6 Å². The molecule has 1 aromatic heterocycles. The van der Waals surface area contributed by atoms with Crippen LogP contribution < -0.4 is 0 Å². The number of halogens is 5. The van der Waals surface area contributed by atoms with Crippen LogP contribution in [0.2, 0.25) is 5.15 Å². The van der Waals surface area contributed by atoms with E-state index in [1.165, 1.54) is 0 Å². The summed E-state index contributed by atoms with van der Waals surface area (Å²) < 4.78 is 49.0. The van der Waals surface area contributed by atoms with Crippen molar-refractivity contribution in [3.05, 3.63) is 28.3 Å². The SMILES string of the molecule is Cc1cc(F)nc(Cl)c1C(F)(F)F. The lowest BCUT2D eigenvalue weighted by Gasteiger charge is -2.10. The van der Waals surface area contributed by atoms with Gasteiger partial charge in [0.25, 0.3) is 0 Å². The Morgan fingerprint density at radius 3 is 2.31 bits per heavy atom. The van der Waals surface area contributed by atoms with Gasteiger partial charge in [0.2, 0.25) is 5.95 Å². The standard InChI is InChI=1S/C7H4ClF4N/c1-3-2-4(9)13-6(8)5(3)7(10,11)12/h2H,1H3. The maximum atomic E-state index is 12.4. The minimum absolute atomic E-state index is 0.273. The smallest absolute Gasteiger partial charge is 0.207 e. The van der Waals surface area contributed by atoms with Crippen molar-refractivity contribution in [1.29, 1.82) is 0 Å². The largest absolute Gasteiger partial charge is 0.419 e. The molecule has 0 aliphatic heterocycles. The predicted molar refractivity (Wildman–Crippen MR) is 38.9 cm³/mol. The number of hydrogen-bond donors (Lipinski definition) is 0. The zero-order chi connectivity index (χ0) is 10.2. The number of aromatic nitrogens is 1. The zero-order valence-corrected chi connectivity index (χ0v) is 7.17. The summed E-state index contributed by atoms with van der Waals surface area (Å²) in [4.78, 5) is 2.88. The van der Waals surface area contributed by atoms with Crippen molar-refractivity contribution in [1.82, 2.24) is 4.98 Å². The summed E-state index contributed by atoms with van der Waals surface area (Å²) >= 11 is 5.15. The van der Waals surface area contributed by atoms with Gasteiger partial charge in [-0.3, -0.25) is 0 Å². The molecule has 1 aromatic rings. The van der Waals surface area contributed by atoms with Crippen molar-refractivity contribution < 1.29 is 17.6 Å². The normalized spacial score (nSPS) is 11.8. The van der Waals surface area contributed by atoms with Crippen LogP contribution in [0.25, 0.3) is 0 Å². The van der Waals surface area contributed by atoms with E-state index in [1.54, 1.807) is 0 Å². The lowest BCUT2D eigenvalue weighted by Crippen LogP contribution is -2.10. The fourth-order valence-electron chi connectivity index (χ4n) is 0.936. The van der Waals surface area contributed by atoms with Gasteiger partial charge in [-0.05, 0) is 18.6 Å². The molecular formula is C7H4ClF4N. The molecule has 1 heterocycles. The van der Waals surface area contributed by atoms with Crippen molar-refractivity contribution in [3.8, 4) is 0 Å². The molecule has 0 unspecified atom stereocenters. The molecule has 0 saturated carbocycles. The molecule has 0 aliphatic carbocycles. The lowest BCUT2D eigenvalue weighted by molar-refractivity contribution is -0.138.